The molecule has 0 saturated carbocycles. The molecule has 1 aromatic carbocycles. The molecule has 1 aliphatic heterocycles. The number of carbonyl (C=O) groups excluding carboxylic acids is 1. The van der Waals surface area contributed by atoms with Crippen LogP contribution in [0.4, 0.5) is 0 Å². The molecule has 104 valence electrons. The highest BCUT2D eigenvalue weighted by Crippen LogP contribution is 2.20. The maximum absolute atomic E-state index is 12.3. The summed E-state index contributed by atoms with van der Waals surface area (Å²) in [5.41, 5.74) is 2.36. The summed E-state index contributed by atoms with van der Waals surface area (Å²) in [6.45, 7) is 4.37. The Balaban J connectivity index is 1.81. The average Bonchev–Trinajstić information content (AvgIpc) is 2.97. The fourth-order valence-corrected chi connectivity index (χ4v) is 2.21. The SMILES string of the molecule is Cc1cccc(-c2nc(C(=O)N3CCOCC3)co2)c1. The van der Waals surface area contributed by atoms with Crippen LogP contribution in [0.5, 0.6) is 0 Å². The second-order valence-corrected chi connectivity index (χ2v) is 4.81. The Morgan fingerprint density at radius 3 is 2.85 bits per heavy atom. The van der Waals surface area contributed by atoms with Gasteiger partial charge in [0.25, 0.3) is 5.91 Å². The van der Waals surface area contributed by atoms with Gasteiger partial charge in [-0.3, -0.25) is 4.79 Å². The molecular formula is C15H16N2O3. The summed E-state index contributed by atoms with van der Waals surface area (Å²) < 4.78 is 10.7. The van der Waals surface area contributed by atoms with Gasteiger partial charge in [-0.2, -0.15) is 0 Å². The van der Waals surface area contributed by atoms with Crippen molar-refractivity contribution in [2.24, 2.45) is 0 Å². The lowest BCUT2D eigenvalue weighted by molar-refractivity contribution is 0.0299. The summed E-state index contributed by atoms with van der Waals surface area (Å²) in [6, 6.07) is 7.85. The van der Waals surface area contributed by atoms with Crippen molar-refractivity contribution >= 4 is 5.91 Å². The number of oxazole rings is 1. The molecule has 1 saturated heterocycles. The smallest absolute Gasteiger partial charge is 0.275 e. The van der Waals surface area contributed by atoms with Crippen LogP contribution < -0.4 is 0 Å². The van der Waals surface area contributed by atoms with E-state index >= 15 is 0 Å². The number of hydrogen-bond acceptors (Lipinski definition) is 4. The third-order valence-corrected chi connectivity index (χ3v) is 3.29. The molecule has 1 amide bonds. The third-order valence-electron chi connectivity index (χ3n) is 3.29. The first-order valence-electron chi connectivity index (χ1n) is 6.63. The molecule has 0 spiro atoms. The quantitative estimate of drug-likeness (QED) is 0.840. The molecule has 2 heterocycles. The highest BCUT2D eigenvalue weighted by Gasteiger charge is 2.21. The lowest BCUT2D eigenvalue weighted by Gasteiger charge is -2.25. The van der Waals surface area contributed by atoms with Crippen molar-refractivity contribution in [2.45, 2.75) is 6.92 Å². The lowest BCUT2D eigenvalue weighted by Crippen LogP contribution is -2.40. The van der Waals surface area contributed by atoms with Gasteiger partial charge in [-0.1, -0.05) is 17.7 Å². The van der Waals surface area contributed by atoms with Gasteiger partial charge in [-0.05, 0) is 19.1 Å². The molecule has 0 aliphatic carbocycles. The topological polar surface area (TPSA) is 55.6 Å². The fraction of sp³-hybridized carbons (Fsp3) is 0.333. The van der Waals surface area contributed by atoms with Gasteiger partial charge in [0, 0.05) is 18.7 Å². The van der Waals surface area contributed by atoms with E-state index in [4.69, 9.17) is 9.15 Å². The van der Waals surface area contributed by atoms with Crippen LogP contribution in [0, 0.1) is 6.92 Å². The first-order valence-corrected chi connectivity index (χ1v) is 6.63. The van der Waals surface area contributed by atoms with Gasteiger partial charge in [-0.25, -0.2) is 4.98 Å². The Kier molecular flexibility index (Phi) is 3.52. The molecule has 1 aliphatic rings. The molecular weight excluding hydrogens is 256 g/mol. The molecule has 0 radical (unpaired) electrons. The van der Waals surface area contributed by atoms with E-state index < -0.39 is 0 Å². The van der Waals surface area contributed by atoms with E-state index in [0.29, 0.717) is 37.9 Å². The number of ether oxygens (including phenoxy) is 1. The summed E-state index contributed by atoms with van der Waals surface area (Å²) >= 11 is 0. The summed E-state index contributed by atoms with van der Waals surface area (Å²) in [7, 11) is 0. The maximum atomic E-state index is 12.3. The zero-order chi connectivity index (χ0) is 13.9. The fourth-order valence-electron chi connectivity index (χ4n) is 2.21. The number of amides is 1. The minimum Gasteiger partial charge on any atom is -0.444 e. The molecule has 1 fully saturated rings. The minimum atomic E-state index is -0.101. The van der Waals surface area contributed by atoms with Gasteiger partial charge in [0.1, 0.15) is 6.26 Å². The number of nitrogens with zero attached hydrogens (tertiary/aromatic N) is 2. The first kappa shape index (κ1) is 12.9. The van der Waals surface area contributed by atoms with Crippen LogP contribution in [0.15, 0.2) is 34.9 Å². The Morgan fingerprint density at radius 1 is 1.30 bits per heavy atom. The van der Waals surface area contributed by atoms with Crippen LogP contribution in [0.2, 0.25) is 0 Å². The number of aryl methyl sites for hydroxylation is 1. The molecule has 1 aromatic heterocycles. The Labute approximate surface area is 117 Å². The van der Waals surface area contributed by atoms with E-state index in [1.54, 1.807) is 4.90 Å². The normalized spacial score (nSPS) is 15.3. The van der Waals surface area contributed by atoms with Crippen LogP contribution in [0.25, 0.3) is 11.5 Å². The monoisotopic (exact) mass is 272 g/mol. The van der Waals surface area contributed by atoms with Crippen molar-refractivity contribution in [1.82, 2.24) is 9.88 Å². The van der Waals surface area contributed by atoms with Crippen LogP contribution in [0.1, 0.15) is 16.1 Å². The van der Waals surface area contributed by atoms with Gasteiger partial charge in [0.2, 0.25) is 5.89 Å². The molecule has 3 rings (SSSR count). The predicted octanol–water partition coefficient (Wildman–Crippen LogP) is 2.12. The van der Waals surface area contributed by atoms with Gasteiger partial charge < -0.3 is 14.1 Å². The van der Waals surface area contributed by atoms with Crippen LogP contribution in [-0.4, -0.2) is 42.1 Å². The van der Waals surface area contributed by atoms with E-state index in [2.05, 4.69) is 4.98 Å². The number of carbonyl (C=O) groups is 1. The first-order chi connectivity index (χ1) is 9.74. The van der Waals surface area contributed by atoms with E-state index in [9.17, 15) is 4.79 Å². The molecule has 20 heavy (non-hydrogen) atoms. The van der Waals surface area contributed by atoms with E-state index in [-0.39, 0.29) is 5.91 Å². The van der Waals surface area contributed by atoms with Crippen LogP contribution in [-0.2, 0) is 4.74 Å². The van der Waals surface area contributed by atoms with Gasteiger partial charge in [-0.15, -0.1) is 0 Å². The van der Waals surface area contributed by atoms with Gasteiger partial charge >= 0.3 is 0 Å². The van der Waals surface area contributed by atoms with Crippen LogP contribution >= 0.6 is 0 Å². The van der Waals surface area contributed by atoms with E-state index in [0.717, 1.165) is 11.1 Å². The van der Waals surface area contributed by atoms with Crippen molar-refractivity contribution < 1.29 is 13.9 Å². The number of rotatable bonds is 2. The highest BCUT2D eigenvalue weighted by atomic mass is 16.5. The zero-order valence-electron chi connectivity index (χ0n) is 11.3. The number of morpholine rings is 1. The second kappa shape index (κ2) is 5.46. The summed E-state index contributed by atoms with van der Waals surface area (Å²) in [5, 5.41) is 0. The molecule has 0 atom stereocenters. The van der Waals surface area contributed by atoms with Gasteiger partial charge in [0.05, 0.1) is 13.2 Å². The highest BCUT2D eigenvalue weighted by molar-refractivity contribution is 5.92. The van der Waals surface area contributed by atoms with E-state index in [1.165, 1.54) is 6.26 Å². The van der Waals surface area contributed by atoms with Crippen molar-refractivity contribution in [3.63, 3.8) is 0 Å². The van der Waals surface area contributed by atoms with Crippen molar-refractivity contribution in [3.8, 4) is 11.5 Å². The zero-order valence-corrected chi connectivity index (χ0v) is 11.3. The standard InChI is InChI=1S/C15H16N2O3/c1-11-3-2-4-12(9-11)14-16-13(10-20-14)15(18)17-5-7-19-8-6-17/h2-4,9-10H,5-8H2,1H3. The third kappa shape index (κ3) is 2.58. The Hall–Kier alpha value is -2.14. The summed E-state index contributed by atoms with van der Waals surface area (Å²) in [4.78, 5) is 18.3. The lowest BCUT2D eigenvalue weighted by atomic mass is 10.1. The summed E-state index contributed by atoms with van der Waals surface area (Å²) in [5.74, 6) is 0.376. The molecule has 0 bridgehead atoms. The number of benzene rings is 1. The van der Waals surface area contributed by atoms with Crippen LogP contribution in [0.3, 0.4) is 0 Å². The van der Waals surface area contributed by atoms with Gasteiger partial charge in [0.15, 0.2) is 5.69 Å². The summed E-state index contributed by atoms with van der Waals surface area (Å²) in [6.07, 6.45) is 1.43. The van der Waals surface area contributed by atoms with Crippen molar-refractivity contribution in [2.75, 3.05) is 26.3 Å². The Bertz CT molecular complexity index is 615. The second-order valence-electron chi connectivity index (χ2n) is 4.81. The van der Waals surface area contributed by atoms with Crippen molar-refractivity contribution in [3.05, 3.63) is 41.8 Å². The van der Waals surface area contributed by atoms with E-state index in [1.807, 2.05) is 31.2 Å². The minimum absolute atomic E-state index is 0.101. The molecule has 5 heteroatoms. The molecule has 2 aromatic rings. The molecule has 0 N–H and O–H groups in total. The molecule has 0 unspecified atom stereocenters. The predicted molar refractivity (Wildman–Crippen MR) is 73.4 cm³/mol. The average molecular weight is 272 g/mol. The largest absolute Gasteiger partial charge is 0.444 e. The number of hydrogen-bond donors (Lipinski definition) is 0. The molecule has 5 nitrogen and oxygen atoms in total. The number of aromatic nitrogens is 1. The maximum Gasteiger partial charge on any atom is 0.275 e. The Morgan fingerprint density at radius 2 is 2.10 bits per heavy atom. The van der Waals surface area contributed by atoms with Crippen molar-refractivity contribution in [1.29, 1.82) is 0 Å².